The van der Waals surface area contributed by atoms with Crippen molar-refractivity contribution in [3.8, 4) is 0 Å². The van der Waals surface area contributed by atoms with Gasteiger partial charge in [0.15, 0.2) is 0 Å². The van der Waals surface area contributed by atoms with Crippen LogP contribution in [0.25, 0.3) is 0 Å². The lowest BCUT2D eigenvalue weighted by Crippen LogP contribution is -2.03. The van der Waals surface area contributed by atoms with Crippen molar-refractivity contribution in [2.45, 2.75) is 164 Å². The van der Waals surface area contributed by atoms with Gasteiger partial charge in [-0.3, -0.25) is 0 Å². The maximum atomic E-state index is 2.36. The minimum Gasteiger partial charge on any atom is -0.0602 e. The van der Waals surface area contributed by atoms with Crippen molar-refractivity contribution in [2.24, 2.45) is 10.8 Å². The van der Waals surface area contributed by atoms with E-state index in [1.54, 1.807) is 0 Å². The first kappa shape index (κ1) is 27.0. The van der Waals surface area contributed by atoms with Gasteiger partial charge in [-0.15, -0.1) is 0 Å². The van der Waals surface area contributed by atoms with Gasteiger partial charge in [-0.05, 0) is 23.7 Å². The van der Waals surface area contributed by atoms with E-state index in [1.807, 2.05) is 0 Å². The average Bonchev–Trinajstić information content (AvgIpc) is 2.55. The Balaban J connectivity index is 3.07. The predicted molar refractivity (Wildman–Crippen MR) is 127 cm³/mol. The molecule has 0 heteroatoms. The zero-order valence-corrected chi connectivity index (χ0v) is 20.4. The monoisotopic (exact) mass is 380 g/mol. The van der Waals surface area contributed by atoms with Gasteiger partial charge >= 0.3 is 0 Å². The zero-order chi connectivity index (χ0) is 20.4. The highest BCUT2D eigenvalue weighted by Gasteiger charge is 2.09. The largest absolute Gasteiger partial charge is 0.0602 e. The fourth-order valence-corrected chi connectivity index (χ4v) is 3.96. The molecule has 0 aromatic carbocycles. The third-order valence-corrected chi connectivity index (χ3v) is 5.85. The van der Waals surface area contributed by atoms with Gasteiger partial charge in [0.1, 0.15) is 0 Å². The lowest BCUT2D eigenvalue weighted by molar-refractivity contribution is 0.356. The van der Waals surface area contributed by atoms with Crippen molar-refractivity contribution in [3.63, 3.8) is 0 Å². The molecule has 27 heavy (non-hydrogen) atoms. The van der Waals surface area contributed by atoms with Crippen molar-refractivity contribution >= 4 is 0 Å². The Labute approximate surface area is 174 Å². The molecule has 0 bridgehead atoms. The van der Waals surface area contributed by atoms with Crippen LogP contribution in [-0.4, -0.2) is 0 Å². The molecular formula is C27H56. The molecule has 0 aromatic rings. The van der Waals surface area contributed by atoms with E-state index in [0.29, 0.717) is 10.8 Å². The molecule has 164 valence electrons. The van der Waals surface area contributed by atoms with Crippen LogP contribution in [0.3, 0.4) is 0 Å². The first-order chi connectivity index (χ1) is 12.7. The quantitative estimate of drug-likeness (QED) is 0.207. The molecule has 0 aliphatic carbocycles. The molecule has 0 fully saturated rings. The second-order valence-electron chi connectivity index (χ2n) is 11.6. The van der Waals surface area contributed by atoms with Crippen LogP contribution in [0.5, 0.6) is 0 Å². The highest BCUT2D eigenvalue weighted by atomic mass is 14.1. The smallest absolute Gasteiger partial charge is 0.0383 e. The topological polar surface area (TPSA) is 0 Å². The van der Waals surface area contributed by atoms with Gasteiger partial charge in [-0.25, -0.2) is 0 Å². The first-order valence-corrected chi connectivity index (χ1v) is 12.7. The van der Waals surface area contributed by atoms with Gasteiger partial charge in [0.05, 0.1) is 0 Å². The van der Waals surface area contributed by atoms with Gasteiger partial charge in [-0.2, -0.15) is 0 Å². The zero-order valence-electron chi connectivity index (χ0n) is 20.4. The van der Waals surface area contributed by atoms with Crippen LogP contribution in [-0.2, 0) is 0 Å². The third-order valence-electron chi connectivity index (χ3n) is 5.85. The molecule has 0 unspecified atom stereocenters. The molecular weight excluding hydrogens is 324 g/mol. The molecule has 0 aliphatic rings. The number of hydrogen-bond donors (Lipinski definition) is 0. The summed E-state index contributed by atoms with van der Waals surface area (Å²) in [5, 5.41) is 0. The maximum Gasteiger partial charge on any atom is -0.0383 e. The number of hydrogen-bond acceptors (Lipinski definition) is 0. The minimum absolute atomic E-state index is 0.534. The normalized spacial score (nSPS) is 12.7. The van der Waals surface area contributed by atoms with Crippen LogP contribution in [0.4, 0.5) is 0 Å². The van der Waals surface area contributed by atoms with E-state index < -0.39 is 0 Å². The molecule has 0 saturated carbocycles. The Kier molecular flexibility index (Phi) is 16.9. The molecule has 0 rings (SSSR count). The van der Waals surface area contributed by atoms with Crippen LogP contribution in [0.15, 0.2) is 0 Å². The van der Waals surface area contributed by atoms with Gasteiger partial charge in [0.25, 0.3) is 0 Å². The van der Waals surface area contributed by atoms with Crippen molar-refractivity contribution in [1.29, 1.82) is 0 Å². The van der Waals surface area contributed by atoms with Gasteiger partial charge in [0.2, 0.25) is 0 Å². The Morgan fingerprint density at radius 3 is 0.556 bits per heavy atom. The molecule has 0 heterocycles. The Morgan fingerprint density at radius 2 is 0.407 bits per heavy atom. The highest BCUT2D eigenvalue weighted by molar-refractivity contribution is 4.62. The summed E-state index contributed by atoms with van der Waals surface area (Å²) in [5.41, 5.74) is 1.07. The van der Waals surface area contributed by atoms with E-state index in [9.17, 15) is 0 Å². The van der Waals surface area contributed by atoms with Gasteiger partial charge in [0, 0.05) is 0 Å². The summed E-state index contributed by atoms with van der Waals surface area (Å²) in [4.78, 5) is 0. The van der Waals surface area contributed by atoms with Crippen LogP contribution < -0.4 is 0 Å². The van der Waals surface area contributed by atoms with Crippen molar-refractivity contribution in [3.05, 3.63) is 0 Å². The fourth-order valence-electron chi connectivity index (χ4n) is 3.96. The molecule has 0 radical (unpaired) electrons. The van der Waals surface area contributed by atoms with Crippen LogP contribution in [0, 0.1) is 10.8 Å². The van der Waals surface area contributed by atoms with E-state index in [-0.39, 0.29) is 0 Å². The molecule has 0 saturated heterocycles. The highest BCUT2D eigenvalue weighted by Crippen LogP contribution is 2.23. The molecule has 0 amide bonds. The third kappa shape index (κ3) is 26.0. The SMILES string of the molecule is CC(C)(C)CCCCCCCCCCCCCCCCCCCC(C)(C)C. The molecule has 0 spiro atoms. The lowest BCUT2D eigenvalue weighted by atomic mass is 9.89. The molecule has 0 N–H and O–H groups in total. The summed E-state index contributed by atoms with van der Waals surface area (Å²) in [5.74, 6) is 0. The number of unbranched alkanes of at least 4 members (excludes halogenated alkanes) is 16. The van der Waals surface area contributed by atoms with E-state index in [2.05, 4.69) is 41.5 Å². The summed E-state index contributed by atoms with van der Waals surface area (Å²) < 4.78 is 0. The average molecular weight is 381 g/mol. The summed E-state index contributed by atoms with van der Waals surface area (Å²) in [6.45, 7) is 14.2. The van der Waals surface area contributed by atoms with E-state index in [0.717, 1.165) is 0 Å². The van der Waals surface area contributed by atoms with Gasteiger partial charge < -0.3 is 0 Å². The van der Waals surface area contributed by atoms with Crippen molar-refractivity contribution in [1.82, 2.24) is 0 Å². The van der Waals surface area contributed by atoms with Crippen molar-refractivity contribution in [2.75, 3.05) is 0 Å². The second kappa shape index (κ2) is 16.9. The van der Waals surface area contributed by atoms with Crippen LogP contribution in [0.2, 0.25) is 0 Å². The van der Waals surface area contributed by atoms with Gasteiger partial charge in [-0.1, -0.05) is 151 Å². The van der Waals surface area contributed by atoms with E-state index >= 15 is 0 Å². The van der Waals surface area contributed by atoms with E-state index in [4.69, 9.17) is 0 Å². The van der Waals surface area contributed by atoms with E-state index in [1.165, 1.54) is 122 Å². The fraction of sp³-hybridized carbons (Fsp3) is 1.00. The summed E-state index contributed by atoms with van der Waals surface area (Å²) >= 11 is 0. The molecule has 0 aromatic heterocycles. The molecule has 0 nitrogen and oxygen atoms in total. The minimum atomic E-state index is 0.534. The van der Waals surface area contributed by atoms with Crippen LogP contribution in [0.1, 0.15) is 164 Å². The summed E-state index contributed by atoms with van der Waals surface area (Å²) in [6, 6.07) is 0. The van der Waals surface area contributed by atoms with Crippen molar-refractivity contribution < 1.29 is 0 Å². The second-order valence-corrected chi connectivity index (χ2v) is 11.6. The first-order valence-electron chi connectivity index (χ1n) is 12.7. The summed E-state index contributed by atoms with van der Waals surface area (Å²) in [7, 11) is 0. The Morgan fingerprint density at radius 1 is 0.259 bits per heavy atom. The predicted octanol–water partition coefficient (Wildman–Crippen LogP) is 10.5. The van der Waals surface area contributed by atoms with Crippen LogP contribution >= 0.6 is 0 Å². The summed E-state index contributed by atoms with van der Waals surface area (Å²) in [6.07, 6.45) is 27.8. The lowest BCUT2D eigenvalue weighted by Gasteiger charge is -2.17. The maximum absolute atomic E-state index is 2.36. The molecule has 0 aliphatic heterocycles. The standard InChI is InChI=1S/C27H56/c1-26(2,3)24-22-20-18-16-14-12-10-8-7-9-11-13-15-17-19-21-23-25-27(4,5)6/h7-25H2,1-6H3. The molecule has 0 atom stereocenters. The number of rotatable bonds is 18. The Hall–Kier alpha value is 0. The Bertz CT molecular complexity index is 258.